The minimum absolute atomic E-state index is 0.117. The van der Waals surface area contributed by atoms with E-state index in [1.807, 2.05) is 36.4 Å². The summed E-state index contributed by atoms with van der Waals surface area (Å²) in [5, 5.41) is 11.3. The van der Waals surface area contributed by atoms with Crippen molar-refractivity contribution in [3.63, 3.8) is 0 Å². The maximum atomic E-state index is 14.8. The largest absolute Gasteiger partial charge is 0.247 e. The van der Waals surface area contributed by atoms with E-state index in [2.05, 4.69) is 13.6 Å². The molecule has 204 valence electrons. The summed E-state index contributed by atoms with van der Waals surface area (Å²) in [5.41, 5.74) is 2.78. The summed E-state index contributed by atoms with van der Waals surface area (Å²) < 4.78 is 67.5. The van der Waals surface area contributed by atoms with Crippen molar-refractivity contribution >= 4 is 50.1 Å². The Morgan fingerprint density at radius 1 is 0.721 bits per heavy atom. The smallest absolute Gasteiger partial charge is 0.187 e. The SMILES string of the molecule is [C-]#[N+]c1cccc(-c2cc3c(-c4ccc(-c5c(F)c(F)c(C#N)c(F)c5F)cc4)nc4ccccc4c3c3nsnc23)c1. The molecule has 10 heteroatoms. The molecule has 5 nitrogen and oxygen atoms in total. The van der Waals surface area contributed by atoms with Gasteiger partial charge in [0.05, 0.1) is 35.1 Å². The van der Waals surface area contributed by atoms with Crippen molar-refractivity contribution < 1.29 is 17.6 Å². The van der Waals surface area contributed by atoms with Crippen LogP contribution in [0.4, 0.5) is 23.2 Å². The van der Waals surface area contributed by atoms with Crippen LogP contribution in [0.15, 0.2) is 78.9 Å². The van der Waals surface area contributed by atoms with E-state index in [0.717, 1.165) is 45.1 Å². The van der Waals surface area contributed by atoms with Gasteiger partial charge in [-0.3, -0.25) is 0 Å². The van der Waals surface area contributed by atoms with E-state index < -0.39 is 34.4 Å². The number of nitriles is 1. The fourth-order valence-corrected chi connectivity index (χ4v) is 5.89. The van der Waals surface area contributed by atoms with E-state index in [4.69, 9.17) is 16.8 Å². The minimum Gasteiger partial charge on any atom is -0.247 e. The first-order valence-electron chi connectivity index (χ1n) is 12.7. The Morgan fingerprint density at radius 3 is 2.14 bits per heavy atom. The normalized spacial score (nSPS) is 11.2. The second kappa shape index (κ2) is 9.98. The zero-order chi connectivity index (χ0) is 29.8. The Hall–Kier alpha value is -5.71. The van der Waals surface area contributed by atoms with Crippen molar-refractivity contribution in [2.75, 3.05) is 0 Å². The molecule has 7 rings (SSSR count). The predicted octanol–water partition coefficient (Wildman–Crippen LogP) is 9.37. The van der Waals surface area contributed by atoms with Gasteiger partial charge < -0.3 is 0 Å². The molecule has 0 saturated carbocycles. The van der Waals surface area contributed by atoms with Gasteiger partial charge in [0.15, 0.2) is 29.0 Å². The van der Waals surface area contributed by atoms with Gasteiger partial charge in [0.25, 0.3) is 0 Å². The Bertz CT molecular complexity index is 2340. The topological polar surface area (TPSA) is 66.8 Å². The van der Waals surface area contributed by atoms with E-state index in [0.29, 0.717) is 33.5 Å². The highest BCUT2D eigenvalue weighted by Gasteiger charge is 2.26. The molecule has 0 bridgehead atoms. The lowest BCUT2D eigenvalue weighted by molar-refractivity contribution is 0.454. The zero-order valence-electron chi connectivity index (χ0n) is 21.7. The zero-order valence-corrected chi connectivity index (χ0v) is 22.5. The molecule has 0 saturated heterocycles. The van der Waals surface area contributed by atoms with Crippen molar-refractivity contribution in [1.82, 2.24) is 13.7 Å². The van der Waals surface area contributed by atoms with Crippen LogP contribution in [0.25, 0.3) is 71.1 Å². The van der Waals surface area contributed by atoms with Gasteiger partial charge in [-0.05, 0) is 29.3 Å². The highest BCUT2D eigenvalue weighted by molar-refractivity contribution is 7.00. The van der Waals surface area contributed by atoms with E-state index in [-0.39, 0.29) is 5.56 Å². The molecular formula is C33H13F4N5S. The van der Waals surface area contributed by atoms with Gasteiger partial charge >= 0.3 is 0 Å². The van der Waals surface area contributed by atoms with Gasteiger partial charge in [0.2, 0.25) is 0 Å². The highest BCUT2D eigenvalue weighted by Crippen LogP contribution is 2.42. The van der Waals surface area contributed by atoms with Crippen LogP contribution in [0.5, 0.6) is 0 Å². The first-order valence-corrected chi connectivity index (χ1v) is 13.5. The Labute approximate surface area is 245 Å². The average Bonchev–Trinajstić information content (AvgIpc) is 3.54. The monoisotopic (exact) mass is 587 g/mol. The lowest BCUT2D eigenvalue weighted by atomic mass is 9.93. The molecule has 0 atom stereocenters. The fourth-order valence-electron chi connectivity index (χ4n) is 5.33. The molecule has 0 fully saturated rings. The summed E-state index contributed by atoms with van der Waals surface area (Å²) in [4.78, 5) is 8.47. The Morgan fingerprint density at radius 2 is 1.42 bits per heavy atom. The van der Waals surface area contributed by atoms with Crippen molar-refractivity contribution in [3.05, 3.63) is 119 Å². The first kappa shape index (κ1) is 26.2. The van der Waals surface area contributed by atoms with Crippen LogP contribution < -0.4 is 0 Å². The second-order valence-corrected chi connectivity index (χ2v) is 10.2. The van der Waals surface area contributed by atoms with E-state index in [1.165, 1.54) is 12.1 Å². The molecule has 0 spiro atoms. The van der Waals surface area contributed by atoms with Gasteiger partial charge in [0, 0.05) is 27.3 Å². The molecule has 0 amide bonds. The summed E-state index contributed by atoms with van der Waals surface area (Å²) in [6, 6.07) is 23.6. The van der Waals surface area contributed by atoms with E-state index in [1.54, 1.807) is 30.3 Å². The molecular weight excluding hydrogens is 574 g/mol. The standard InChI is InChI=1S/C33H13F4N5S/c1-39-19-6-4-5-18(13-19)21-14-22-26(33-32(21)41-43-42-33)20-7-2-3-8-24(20)40-31(22)17-11-9-16(10-12-17)25-29(36)27(34)23(15-38)28(35)30(25)37/h2-14H. The summed E-state index contributed by atoms with van der Waals surface area (Å²) in [6.07, 6.45) is 0. The average molecular weight is 588 g/mol. The van der Waals surface area contributed by atoms with Crippen LogP contribution in [0.2, 0.25) is 0 Å². The number of benzene rings is 5. The number of hydrogen-bond donors (Lipinski definition) is 0. The Kier molecular flexibility index (Phi) is 6.08. The molecule has 0 radical (unpaired) electrons. The van der Waals surface area contributed by atoms with Gasteiger partial charge in [-0.1, -0.05) is 60.7 Å². The number of nitrogens with zero attached hydrogens (tertiary/aromatic N) is 5. The second-order valence-electron chi connectivity index (χ2n) is 9.64. The minimum atomic E-state index is -1.75. The molecule has 2 aromatic heterocycles. The molecule has 0 N–H and O–H groups in total. The van der Waals surface area contributed by atoms with Crippen molar-refractivity contribution in [2.45, 2.75) is 0 Å². The molecule has 2 heterocycles. The van der Waals surface area contributed by atoms with Gasteiger partial charge in [-0.15, -0.1) is 0 Å². The summed E-state index contributed by atoms with van der Waals surface area (Å²) in [7, 11) is 0. The number of hydrogen-bond acceptors (Lipinski definition) is 5. The first-order chi connectivity index (χ1) is 20.9. The van der Waals surface area contributed by atoms with Crippen LogP contribution in [0.1, 0.15) is 5.56 Å². The van der Waals surface area contributed by atoms with Gasteiger partial charge in [-0.2, -0.15) is 14.0 Å². The quantitative estimate of drug-likeness (QED) is 0.0894. The van der Waals surface area contributed by atoms with Crippen LogP contribution in [-0.2, 0) is 0 Å². The van der Waals surface area contributed by atoms with Crippen LogP contribution in [-0.4, -0.2) is 13.7 Å². The molecule has 0 aliphatic carbocycles. The Balaban J connectivity index is 1.49. The third-order valence-electron chi connectivity index (χ3n) is 7.31. The van der Waals surface area contributed by atoms with Crippen molar-refractivity contribution in [1.29, 1.82) is 5.26 Å². The van der Waals surface area contributed by atoms with Gasteiger partial charge in [-0.25, -0.2) is 27.4 Å². The molecule has 0 unspecified atom stereocenters. The number of halogens is 4. The molecule has 0 aliphatic rings. The summed E-state index contributed by atoms with van der Waals surface area (Å²) >= 11 is 1.07. The van der Waals surface area contributed by atoms with Crippen LogP contribution >= 0.6 is 11.7 Å². The number of pyridine rings is 1. The maximum Gasteiger partial charge on any atom is 0.187 e. The summed E-state index contributed by atoms with van der Waals surface area (Å²) in [6.45, 7) is 7.44. The number of fused-ring (bicyclic) bond motifs is 5. The van der Waals surface area contributed by atoms with Crippen molar-refractivity contribution in [2.24, 2.45) is 0 Å². The summed E-state index contributed by atoms with van der Waals surface area (Å²) in [5.74, 6) is -6.80. The maximum absolute atomic E-state index is 14.8. The lowest BCUT2D eigenvalue weighted by Gasteiger charge is -2.14. The predicted molar refractivity (Wildman–Crippen MR) is 157 cm³/mol. The van der Waals surface area contributed by atoms with Crippen LogP contribution in [0.3, 0.4) is 0 Å². The van der Waals surface area contributed by atoms with Gasteiger partial charge in [0.1, 0.15) is 22.7 Å². The van der Waals surface area contributed by atoms with Crippen LogP contribution in [0, 0.1) is 41.2 Å². The molecule has 5 aromatic carbocycles. The molecule has 7 aromatic rings. The molecule has 0 aliphatic heterocycles. The lowest BCUT2D eigenvalue weighted by Crippen LogP contribution is -2.03. The number of rotatable bonds is 3. The van der Waals surface area contributed by atoms with E-state index in [9.17, 15) is 17.6 Å². The third kappa shape index (κ3) is 4.00. The number of para-hydroxylation sites is 1. The van der Waals surface area contributed by atoms with E-state index >= 15 is 0 Å². The van der Waals surface area contributed by atoms with Crippen molar-refractivity contribution in [3.8, 4) is 39.6 Å². The fraction of sp³-hybridized carbons (Fsp3) is 0. The highest BCUT2D eigenvalue weighted by atomic mass is 32.1. The third-order valence-corrected chi connectivity index (χ3v) is 7.84. The molecule has 43 heavy (non-hydrogen) atoms. The number of aromatic nitrogens is 3.